The number of aryl methyl sites for hydroxylation is 1. The van der Waals surface area contributed by atoms with Gasteiger partial charge in [0.15, 0.2) is 5.78 Å². The van der Waals surface area contributed by atoms with Crippen molar-refractivity contribution in [3.05, 3.63) is 117 Å². The monoisotopic (exact) mass is 555 g/mol. The smallest absolute Gasteiger partial charge is 0.162 e. The molecule has 3 aromatic carbocycles. The third-order valence-corrected chi connectivity index (χ3v) is 8.75. The number of anilines is 1. The molecular weight excluding hydrogens is 524 g/mol. The van der Waals surface area contributed by atoms with Gasteiger partial charge in [-0.25, -0.2) is 8.78 Å². The summed E-state index contributed by atoms with van der Waals surface area (Å²) in [4.78, 5) is 16.4. The van der Waals surface area contributed by atoms with Crippen LogP contribution in [0.25, 0.3) is 0 Å². The van der Waals surface area contributed by atoms with E-state index in [1.54, 1.807) is 47.0 Å². The highest BCUT2D eigenvalue weighted by molar-refractivity contribution is 7.98. The minimum absolute atomic E-state index is 0.0546. The van der Waals surface area contributed by atoms with E-state index in [0.29, 0.717) is 29.9 Å². The molecule has 1 aliphatic carbocycles. The predicted octanol–water partition coefficient (Wildman–Crippen LogP) is 7.81. The van der Waals surface area contributed by atoms with E-state index in [-0.39, 0.29) is 34.1 Å². The standard InChI is InChI=1S/C33H31F2N3OS/c1-19-13-21(18-40-23-11-9-22(34)10-12-23)20(2)24(14-19)30-25(17-36)32(37)38(27-8-6-5-7-26(27)35)28-15-33(3,4)16-29(39)31(28)30/h5-14,30H,15-16,18,37H2,1-4H3. The summed E-state index contributed by atoms with van der Waals surface area (Å²) in [5.74, 6) is -0.686. The lowest BCUT2D eigenvalue weighted by Crippen LogP contribution is -2.42. The summed E-state index contributed by atoms with van der Waals surface area (Å²) in [5, 5.41) is 10.4. The molecular formula is C33H31F2N3OS. The van der Waals surface area contributed by atoms with Crippen molar-refractivity contribution in [2.24, 2.45) is 11.1 Å². The van der Waals surface area contributed by atoms with Gasteiger partial charge in [-0.05, 0) is 78.8 Å². The lowest BCUT2D eigenvalue weighted by molar-refractivity contribution is -0.118. The van der Waals surface area contributed by atoms with Gasteiger partial charge in [0.1, 0.15) is 17.5 Å². The minimum atomic E-state index is -0.652. The number of Topliss-reactive ketones (excluding diaryl/α,β-unsaturated/α-hetero) is 1. The Morgan fingerprint density at radius 2 is 1.77 bits per heavy atom. The van der Waals surface area contributed by atoms with Gasteiger partial charge < -0.3 is 5.73 Å². The van der Waals surface area contributed by atoms with Crippen LogP contribution in [0.5, 0.6) is 0 Å². The topological polar surface area (TPSA) is 70.1 Å². The molecule has 1 unspecified atom stereocenters. The van der Waals surface area contributed by atoms with Gasteiger partial charge in [0, 0.05) is 28.3 Å². The van der Waals surface area contributed by atoms with E-state index in [9.17, 15) is 14.4 Å². The molecule has 2 N–H and O–H groups in total. The van der Waals surface area contributed by atoms with E-state index in [0.717, 1.165) is 27.1 Å². The molecule has 0 aromatic heterocycles. The van der Waals surface area contributed by atoms with Crippen LogP contribution in [0.2, 0.25) is 0 Å². The molecule has 40 heavy (non-hydrogen) atoms. The normalized spacial score (nSPS) is 18.6. The highest BCUT2D eigenvalue weighted by Gasteiger charge is 2.45. The number of thioether (sulfide) groups is 1. The fourth-order valence-corrected chi connectivity index (χ4v) is 6.78. The van der Waals surface area contributed by atoms with Gasteiger partial charge >= 0.3 is 0 Å². The molecule has 4 nitrogen and oxygen atoms in total. The second kappa shape index (κ2) is 10.6. The maximum absolute atomic E-state index is 15.1. The van der Waals surface area contributed by atoms with Crippen LogP contribution < -0.4 is 10.6 Å². The molecule has 3 aromatic rings. The van der Waals surface area contributed by atoms with Crippen molar-refractivity contribution in [2.45, 2.75) is 57.1 Å². The number of halogens is 2. The summed E-state index contributed by atoms with van der Waals surface area (Å²) in [6.07, 6.45) is 0.834. The number of rotatable bonds is 5. The average Bonchev–Trinajstić information content (AvgIpc) is 2.89. The van der Waals surface area contributed by atoms with Crippen molar-refractivity contribution in [1.29, 1.82) is 5.26 Å². The van der Waals surface area contributed by atoms with Gasteiger partial charge in [-0.2, -0.15) is 5.26 Å². The second-order valence-corrected chi connectivity index (χ2v) is 12.4. The van der Waals surface area contributed by atoms with Crippen LogP contribution >= 0.6 is 11.8 Å². The molecule has 7 heteroatoms. The molecule has 0 fully saturated rings. The Morgan fingerprint density at radius 3 is 2.45 bits per heavy atom. The van der Waals surface area contributed by atoms with Crippen LogP contribution in [0.15, 0.2) is 88.2 Å². The molecule has 0 bridgehead atoms. The number of nitrogens with two attached hydrogens (primary N) is 1. The van der Waals surface area contributed by atoms with Gasteiger partial charge in [0.05, 0.1) is 23.2 Å². The molecule has 204 valence electrons. The highest BCUT2D eigenvalue weighted by Crippen LogP contribution is 2.51. The first kappa shape index (κ1) is 27.7. The summed E-state index contributed by atoms with van der Waals surface area (Å²) >= 11 is 1.59. The van der Waals surface area contributed by atoms with E-state index in [1.165, 1.54) is 18.2 Å². The fraction of sp³-hybridized carbons (Fsp3) is 0.273. The molecule has 1 aliphatic heterocycles. The van der Waals surface area contributed by atoms with Crippen LogP contribution in [-0.2, 0) is 10.5 Å². The van der Waals surface area contributed by atoms with Gasteiger partial charge in [-0.3, -0.25) is 9.69 Å². The van der Waals surface area contributed by atoms with Crippen molar-refractivity contribution in [3.8, 4) is 6.07 Å². The molecule has 0 amide bonds. The maximum atomic E-state index is 15.1. The first-order valence-electron chi connectivity index (χ1n) is 13.2. The van der Waals surface area contributed by atoms with Gasteiger partial charge in [0.25, 0.3) is 0 Å². The summed E-state index contributed by atoms with van der Waals surface area (Å²) in [6.45, 7) is 8.03. The Morgan fingerprint density at radius 1 is 1.07 bits per heavy atom. The van der Waals surface area contributed by atoms with Crippen molar-refractivity contribution in [2.75, 3.05) is 4.90 Å². The number of para-hydroxylation sites is 1. The zero-order valence-electron chi connectivity index (χ0n) is 23.0. The van der Waals surface area contributed by atoms with Gasteiger partial charge in [-0.15, -0.1) is 11.8 Å². The molecule has 5 rings (SSSR count). The highest BCUT2D eigenvalue weighted by atomic mass is 32.2. The van der Waals surface area contributed by atoms with Gasteiger partial charge in [-0.1, -0.05) is 43.7 Å². The number of nitriles is 1. The Hall–Kier alpha value is -3.89. The molecule has 0 spiro atoms. The van der Waals surface area contributed by atoms with E-state index in [2.05, 4.69) is 12.1 Å². The Balaban J connectivity index is 1.67. The zero-order chi connectivity index (χ0) is 28.8. The summed E-state index contributed by atoms with van der Waals surface area (Å²) < 4.78 is 28.5. The van der Waals surface area contributed by atoms with E-state index in [1.807, 2.05) is 33.8 Å². The number of nitrogens with zero attached hydrogens (tertiary/aromatic N) is 2. The Labute approximate surface area is 238 Å². The van der Waals surface area contributed by atoms with Crippen LogP contribution in [0.1, 0.15) is 54.9 Å². The van der Waals surface area contributed by atoms with Crippen molar-refractivity contribution < 1.29 is 13.6 Å². The van der Waals surface area contributed by atoms with Crippen LogP contribution in [0.3, 0.4) is 0 Å². The van der Waals surface area contributed by atoms with Crippen LogP contribution in [0.4, 0.5) is 14.5 Å². The molecule has 0 saturated heterocycles. The van der Waals surface area contributed by atoms with Gasteiger partial charge in [0.2, 0.25) is 0 Å². The van der Waals surface area contributed by atoms with E-state index >= 15 is 4.39 Å². The molecule has 0 radical (unpaired) electrons. The number of carbonyl (C=O) groups excluding carboxylic acids is 1. The van der Waals surface area contributed by atoms with Crippen LogP contribution in [-0.4, -0.2) is 5.78 Å². The number of allylic oxidation sites excluding steroid dienone is 3. The lowest BCUT2D eigenvalue weighted by Gasteiger charge is -2.44. The first-order chi connectivity index (χ1) is 19.0. The number of hydrogen-bond donors (Lipinski definition) is 1. The largest absolute Gasteiger partial charge is 0.384 e. The number of carbonyl (C=O) groups is 1. The summed E-state index contributed by atoms with van der Waals surface area (Å²) in [7, 11) is 0. The lowest BCUT2D eigenvalue weighted by atomic mass is 9.68. The number of ketones is 1. The predicted molar refractivity (Wildman–Crippen MR) is 155 cm³/mol. The minimum Gasteiger partial charge on any atom is -0.384 e. The van der Waals surface area contributed by atoms with E-state index < -0.39 is 11.7 Å². The summed E-state index contributed by atoms with van der Waals surface area (Å²) in [6, 6.07) is 19.1. The molecule has 2 aliphatic rings. The van der Waals surface area contributed by atoms with Crippen LogP contribution in [0, 0.1) is 42.2 Å². The quantitative estimate of drug-likeness (QED) is 0.325. The van der Waals surface area contributed by atoms with Crippen molar-refractivity contribution in [1.82, 2.24) is 0 Å². The van der Waals surface area contributed by atoms with Crippen molar-refractivity contribution in [3.63, 3.8) is 0 Å². The van der Waals surface area contributed by atoms with Crippen molar-refractivity contribution >= 4 is 23.2 Å². The number of hydrogen-bond acceptors (Lipinski definition) is 5. The SMILES string of the molecule is Cc1cc(CSc2ccc(F)cc2)c(C)c(C2C(C#N)=C(N)N(c3ccccc3F)C3=C2C(=O)CC(C)(C)C3)c1. The average molecular weight is 556 g/mol. The van der Waals surface area contributed by atoms with E-state index in [4.69, 9.17) is 5.73 Å². The third kappa shape index (κ3) is 5.04. The Kier molecular flexibility index (Phi) is 7.32. The first-order valence-corrected chi connectivity index (χ1v) is 14.2. The zero-order valence-corrected chi connectivity index (χ0v) is 23.8. The molecule has 1 heterocycles. The fourth-order valence-electron chi connectivity index (χ4n) is 5.83. The third-order valence-electron chi connectivity index (χ3n) is 7.69. The number of benzene rings is 3. The second-order valence-electron chi connectivity index (χ2n) is 11.3. The summed E-state index contributed by atoms with van der Waals surface area (Å²) in [5.41, 5.74) is 11.9. The Bertz CT molecular complexity index is 1620. The molecule has 1 atom stereocenters. The maximum Gasteiger partial charge on any atom is 0.162 e. The molecule has 0 saturated carbocycles.